The minimum Gasteiger partial charge on any atom is -0.481 e. The topological polar surface area (TPSA) is 61.4 Å². The Morgan fingerprint density at radius 2 is 1.88 bits per heavy atom. The number of aryl methyl sites for hydroxylation is 1. The van der Waals surface area contributed by atoms with Crippen LogP contribution in [0.2, 0.25) is 0 Å². The van der Waals surface area contributed by atoms with Crippen LogP contribution in [0.3, 0.4) is 0 Å². The number of rotatable bonds is 6. The molecule has 0 aromatic heterocycles. The van der Waals surface area contributed by atoms with E-state index in [4.69, 9.17) is 12.2 Å². The molecule has 0 aliphatic carbocycles. The van der Waals surface area contributed by atoms with E-state index in [1.54, 1.807) is 6.92 Å². The Morgan fingerprint density at radius 3 is 2.50 bits per heavy atom. The van der Waals surface area contributed by atoms with Gasteiger partial charge in [-0.05, 0) is 55.7 Å². The van der Waals surface area contributed by atoms with Crippen molar-refractivity contribution in [2.24, 2.45) is 0 Å². The molecule has 0 aliphatic heterocycles. The molecule has 2 rings (SSSR count). The van der Waals surface area contributed by atoms with Crippen molar-refractivity contribution in [3.8, 4) is 0 Å². The van der Waals surface area contributed by atoms with Gasteiger partial charge < -0.3 is 15.7 Å². The summed E-state index contributed by atoms with van der Waals surface area (Å²) in [6.07, 6.45) is 0.433. The zero-order valence-electron chi connectivity index (χ0n) is 13.9. The molecule has 3 N–H and O–H groups in total. The van der Waals surface area contributed by atoms with Crippen molar-refractivity contribution < 1.29 is 9.90 Å². The standard InChI is InChI=1S/C19H22N2O2S/c1-14-7-6-10-16(13-14)21-18(24)20-12-11-19(2,17(22)23)15-8-4-3-5-9-15/h3-10,13H,11-12H2,1-2H3,(H,22,23)(H2,20,21,24). The Kier molecular flexibility index (Phi) is 5.93. The van der Waals surface area contributed by atoms with Gasteiger partial charge in [0.05, 0.1) is 5.41 Å². The lowest BCUT2D eigenvalue weighted by molar-refractivity contribution is -0.143. The molecule has 2 aromatic rings. The number of hydrogen-bond acceptors (Lipinski definition) is 2. The van der Waals surface area contributed by atoms with Gasteiger partial charge in [0.25, 0.3) is 0 Å². The van der Waals surface area contributed by atoms with Crippen molar-refractivity contribution in [2.75, 3.05) is 11.9 Å². The molecule has 0 bridgehead atoms. The number of aliphatic carboxylic acids is 1. The average Bonchev–Trinajstić information content (AvgIpc) is 2.55. The van der Waals surface area contributed by atoms with Crippen LogP contribution in [0, 0.1) is 6.92 Å². The first-order valence-corrected chi connectivity index (χ1v) is 8.23. The zero-order chi connectivity index (χ0) is 17.6. The number of thiocarbonyl (C=S) groups is 1. The number of benzene rings is 2. The minimum atomic E-state index is -0.951. The van der Waals surface area contributed by atoms with E-state index in [-0.39, 0.29) is 0 Å². The van der Waals surface area contributed by atoms with Gasteiger partial charge in [-0.3, -0.25) is 4.79 Å². The SMILES string of the molecule is Cc1cccc(NC(=S)NCCC(C)(C(=O)O)c2ccccc2)c1. The summed E-state index contributed by atoms with van der Waals surface area (Å²) >= 11 is 5.28. The summed E-state index contributed by atoms with van der Waals surface area (Å²) in [5, 5.41) is 16.3. The predicted octanol–water partition coefficient (Wildman–Crippen LogP) is 3.71. The molecule has 0 aliphatic rings. The third-order valence-electron chi connectivity index (χ3n) is 4.07. The molecular weight excluding hydrogens is 320 g/mol. The highest BCUT2D eigenvalue weighted by Crippen LogP contribution is 2.27. The summed E-state index contributed by atoms with van der Waals surface area (Å²) in [5.41, 5.74) is 1.89. The van der Waals surface area contributed by atoms with E-state index in [9.17, 15) is 9.90 Å². The molecular formula is C19H22N2O2S. The molecule has 0 saturated heterocycles. The fraction of sp³-hybridized carbons (Fsp3) is 0.263. The Bertz CT molecular complexity index is 718. The van der Waals surface area contributed by atoms with Crippen molar-refractivity contribution in [1.29, 1.82) is 0 Å². The predicted molar refractivity (Wildman–Crippen MR) is 101 cm³/mol. The zero-order valence-corrected chi connectivity index (χ0v) is 14.7. The van der Waals surface area contributed by atoms with Crippen LogP contribution >= 0.6 is 12.2 Å². The number of carboxylic acids is 1. The lowest BCUT2D eigenvalue weighted by Gasteiger charge is -2.25. The van der Waals surface area contributed by atoms with Gasteiger partial charge in [0.2, 0.25) is 0 Å². The van der Waals surface area contributed by atoms with Crippen molar-refractivity contribution in [1.82, 2.24) is 5.32 Å². The van der Waals surface area contributed by atoms with Gasteiger partial charge >= 0.3 is 5.97 Å². The highest BCUT2D eigenvalue weighted by atomic mass is 32.1. The van der Waals surface area contributed by atoms with Crippen molar-refractivity contribution in [2.45, 2.75) is 25.7 Å². The Labute approximate surface area is 147 Å². The lowest BCUT2D eigenvalue weighted by atomic mass is 9.79. The molecule has 5 heteroatoms. The quantitative estimate of drug-likeness (QED) is 0.699. The average molecular weight is 342 g/mol. The molecule has 0 spiro atoms. The van der Waals surface area contributed by atoms with Crippen molar-refractivity contribution >= 4 is 29.0 Å². The Balaban J connectivity index is 1.93. The molecule has 0 fully saturated rings. The molecule has 24 heavy (non-hydrogen) atoms. The molecule has 0 saturated carbocycles. The van der Waals surface area contributed by atoms with Crippen LogP contribution in [0.4, 0.5) is 5.69 Å². The number of carbonyl (C=O) groups is 1. The van der Waals surface area contributed by atoms with E-state index in [0.717, 1.165) is 16.8 Å². The first kappa shape index (κ1) is 17.9. The van der Waals surface area contributed by atoms with Crippen LogP contribution in [0.25, 0.3) is 0 Å². The second kappa shape index (κ2) is 7.93. The molecule has 0 amide bonds. The molecule has 2 aromatic carbocycles. The molecule has 4 nitrogen and oxygen atoms in total. The van der Waals surface area contributed by atoms with Gasteiger partial charge in [0, 0.05) is 12.2 Å². The highest BCUT2D eigenvalue weighted by molar-refractivity contribution is 7.80. The van der Waals surface area contributed by atoms with E-state index in [2.05, 4.69) is 10.6 Å². The monoisotopic (exact) mass is 342 g/mol. The molecule has 0 radical (unpaired) electrons. The second-order valence-electron chi connectivity index (χ2n) is 6.00. The van der Waals surface area contributed by atoms with Gasteiger partial charge in [-0.2, -0.15) is 0 Å². The largest absolute Gasteiger partial charge is 0.481 e. The smallest absolute Gasteiger partial charge is 0.313 e. The number of anilines is 1. The molecule has 1 unspecified atom stereocenters. The minimum absolute atomic E-state index is 0.433. The van der Waals surface area contributed by atoms with Crippen LogP contribution in [-0.4, -0.2) is 22.7 Å². The third-order valence-corrected chi connectivity index (χ3v) is 4.32. The van der Waals surface area contributed by atoms with Gasteiger partial charge in [0.15, 0.2) is 5.11 Å². The summed E-state index contributed by atoms with van der Waals surface area (Å²) in [6.45, 7) is 4.22. The van der Waals surface area contributed by atoms with E-state index < -0.39 is 11.4 Å². The number of hydrogen-bond donors (Lipinski definition) is 3. The lowest BCUT2D eigenvalue weighted by Crippen LogP contribution is -2.38. The number of nitrogens with one attached hydrogen (secondary N) is 2. The van der Waals surface area contributed by atoms with E-state index in [1.807, 2.05) is 61.5 Å². The van der Waals surface area contributed by atoms with E-state index in [0.29, 0.717) is 18.1 Å². The first-order chi connectivity index (χ1) is 11.4. The summed E-state index contributed by atoms with van der Waals surface area (Å²) in [7, 11) is 0. The van der Waals surface area contributed by atoms with Gasteiger partial charge in [0.1, 0.15) is 0 Å². The normalized spacial score (nSPS) is 12.9. The molecule has 126 valence electrons. The van der Waals surface area contributed by atoms with E-state index in [1.165, 1.54) is 0 Å². The van der Waals surface area contributed by atoms with Crippen LogP contribution in [0.15, 0.2) is 54.6 Å². The van der Waals surface area contributed by atoms with Crippen molar-refractivity contribution in [3.05, 3.63) is 65.7 Å². The summed E-state index contributed by atoms with van der Waals surface area (Å²) < 4.78 is 0. The summed E-state index contributed by atoms with van der Waals surface area (Å²) in [4.78, 5) is 11.7. The van der Waals surface area contributed by atoms with Gasteiger partial charge in [-0.15, -0.1) is 0 Å². The van der Waals surface area contributed by atoms with Crippen LogP contribution < -0.4 is 10.6 Å². The Hall–Kier alpha value is -2.40. The summed E-state index contributed by atoms with van der Waals surface area (Å²) in [5.74, 6) is -0.840. The fourth-order valence-electron chi connectivity index (χ4n) is 2.50. The maximum absolute atomic E-state index is 11.7. The van der Waals surface area contributed by atoms with Crippen molar-refractivity contribution in [3.63, 3.8) is 0 Å². The Morgan fingerprint density at radius 1 is 1.17 bits per heavy atom. The number of carboxylic acid groups (broad SMARTS) is 1. The second-order valence-corrected chi connectivity index (χ2v) is 6.41. The van der Waals surface area contributed by atoms with E-state index >= 15 is 0 Å². The molecule has 1 atom stereocenters. The van der Waals surface area contributed by atoms with Gasteiger partial charge in [-0.25, -0.2) is 0 Å². The molecule has 0 heterocycles. The maximum Gasteiger partial charge on any atom is 0.313 e. The summed E-state index contributed by atoms with van der Waals surface area (Å²) in [6, 6.07) is 17.2. The fourth-order valence-corrected chi connectivity index (χ4v) is 2.72. The van der Waals surface area contributed by atoms with Crippen LogP contribution in [-0.2, 0) is 10.2 Å². The van der Waals surface area contributed by atoms with Gasteiger partial charge in [-0.1, -0.05) is 42.5 Å². The van der Waals surface area contributed by atoms with Crippen LogP contribution in [0.1, 0.15) is 24.5 Å². The van der Waals surface area contributed by atoms with Crippen LogP contribution in [0.5, 0.6) is 0 Å². The third kappa shape index (κ3) is 4.55. The maximum atomic E-state index is 11.7. The first-order valence-electron chi connectivity index (χ1n) is 7.82. The highest BCUT2D eigenvalue weighted by Gasteiger charge is 2.34.